The largest absolute Gasteiger partial charge is 0.482 e. The molecular formula is C25H26N4O6. The number of fused-ring (bicyclic) bond motifs is 1. The van der Waals surface area contributed by atoms with Crippen molar-refractivity contribution in [1.82, 2.24) is 10.2 Å². The van der Waals surface area contributed by atoms with Gasteiger partial charge in [0.2, 0.25) is 11.8 Å². The average molecular weight is 479 g/mol. The van der Waals surface area contributed by atoms with Gasteiger partial charge >= 0.3 is 5.97 Å². The van der Waals surface area contributed by atoms with Crippen molar-refractivity contribution >= 4 is 35.1 Å². The summed E-state index contributed by atoms with van der Waals surface area (Å²) in [5.41, 5.74) is 1.65. The molecule has 1 atom stereocenters. The number of carbonyl (C=O) groups is 4. The van der Waals surface area contributed by atoms with Gasteiger partial charge in [-0.15, -0.1) is 0 Å². The van der Waals surface area contributed by atoms with Crippen LogP contribution in [0, 0.1) is 0 Å². The molecule has 0 radical (unpaired) electrons. The molecule has 2 aliphatic rings. The van der Waals surface area contributed by atoms with E-state index in [-0.39, 0.29) is 31.4 Å². The fourth-order valence-electron chi connectivity index (χ4n) is 3.90. The molecule has 1 unspecified atom stereocenters. The van der Waals surface area contributed by atoms with Gasteiger partial charge in [0.05, 0.1) is 11.4 Å². The SMILES string of the molecule is CC(C)(C)OC(=O)COc1ccc(/N=N/c2cccc3c2CN(C2CCC(=O)NC2=O)C3=O)cc1. The van der Waals surface area contributed by atoms with E-state index in [1.54, 1.807) is 63.2 Å². The molecule has 1 N–H and O–H groups in total. The monoisotopic (exact) mass is 478 g/mol. The first-order chi connectivity index (χ1) is 16.6. The van der Waals surface area contributed by atoms with E-state index in [1.165, 1.54) is 4.90 Å². The lowest BCUT2D eigenvalue weighted by atomic mass is 10.0. The highest BCUT2D eigenvalue weighted by Gasteiger charge is 2.39. The van der Waals surface area contributed by atoms with E-state index < -0.39 is 23.5 Å². The smallest absolute Gasteiger partial charge is 0.344 e. The van der Waals surface area contributed by atoms with E-state index in [0.29, 0.717) is 34.7 Å². The van der Waals surface area contributed by atoms with Crippen molar-refractivity contribution < 1.29 is 28.7 Å². The van der Waals surface area contributed by atoms with Gasteiger partial charge in [0.15, 0.2) is 6.61 Å². The quantitative estimate of drug-likeness (QED) is 0.384. The molecule has 1 fully saturated rings. The number of hydrogen-bond donors (Lipinski definition) is 1. The zero-order valence-electron chi connectivity index (χ0n) is 19.7. The maximum Gasteiger partial charge on any atom is 0.344 e. The Hall–Kier alpha value is -4.08. The number of esters is 1. The van der Waals surface area contributed by atoms with Crippen LogP contribution in [0.4, 0.5) is 11.4 Å². The number of piperidine rings is 1. The minimum atomic E-state index is -0.689. The fraction of sp³-hybridized carbons (Fsp3) is 0.360. The molecule has 2 aliphatic heterocycles. The van der Waals surface area contributed by atoms with Crippen LogP contribution in [0.2, 0.25) is 0 Å². The third-order valence-corrected chi connectivity index (χ3v) is 5.44. The lowest BCUT2D eigenvalue weighted by Crippen LogP contribution is -2.52. The Balaban J connectivity index is 1.42. The molecule has 35 heavy (non-hydrogen) atoms. The summed E-state index contributed by atoms with van der Waals surface area (Å²) in [6.07, 6.45) is 0.490. The fourth-order valence-corrected chi connectivity index (χ4v) is 3.90. The Morgan fingerprint density at radius 1 is 1.09 bits per heavy atom. The van der Waals surface area contributed by atoms with E-state index in [0.717, 1.165) is 0 Å². The summed E-state index contributed by atoms with van der Waals surface area (Å²) in [6, 6.07) is 11.2. The highest BCUT2D eigenvalue weighted by atomic mass is 16.6. The number of amides is 3. The normalized spacial score (nSPS) is 18.0. The van der Waals surface area contributed by atoms with Crippen LogP contribution in [0.5, 0.6) is 5.75 Å². The first-order valence-electron chi connectivity index (χ1n) is 11.2. The third kappa shape index (κ3) is 5.71. The van der Waals surface area contributed by atoms with Crippen LogP contribution in [-0.4, -0.2) is 46.8 Å². The maximum absolute atomic E-state index is 12.9. The summed E-state index contributed by atoms with van der Waals surface area (Å²) in [6.45, 7) is 5.37. The highest BCUT2D eigenvalue weighted by molar-refractivity contribution is 6.06. The van der Waals surface area contributed by atoms with E-state index in [9.17, 15) is 19.2 Å². The molecule has 2 aromatic carbocycles. The molecule has 3 amide bonds. The molecule has 182 valence electrons. The molecule has 0 bridgehead atoms. The minimum absolute atomic E-state index is 0.195. The molecule has 0 saturated carbocycles. The van der Waals surface area contributed by atoms with Gasteiger partial charge in [-0.1, -0.05) is 6.07 Å². The summed E-state index contributed by atoms with van der Waals surface area (Å²) in [7, 11) is 0. The standard InChI is InChI=1S/C25H26N4O6/c1-25(2,3)35-22(31)14-34-16-9-7-15(8-10-16)27-28-19-6-4-5-17-18(19)13-29(24(17)33)20-11-12-21(30)26-23(20)32/h4-10,20H,11-14H2,1-3H3,(H,26,30,32)/b28-27+. The lowest BCUT2D eigenvalue weighted by molar-refractivity contribution is -0.157. The Labute approximate surface area is 202 Å². The predicted molar refractivity (Wildman–Crippen MR) is 124 cm³/mol. The number of hydrogen-bond acceptors (Lipinski definition) is 8. The summed E-state index contributed by atoms with van der Waals surface area (Å²) in [4.78, 5) is 49.9. The number of carbonyl (C=O) groups excluding carboxylic acids is 4. The Morgan fingerprint density at radius 2 is 1.83 bits per heavy atom. The van der Waals surface area contributed by atoms with Crippen LogP contribution in [0.1, 0.15) is 49.5 Å². The number of azo groups is 1. The van der Waals surface area contributed by atoms with E-state index in [4.69, 9.17) is 9.47 Å². The Bertz CT molecular complexity index is 1200. The van der Waals surface area contributed by atoms with Crippen LogP contribution >= 0.6 is 0 Å². The van der Waals surface area contributed by atoms with Crippen molar-refractivity contribution in [3.8, 4) is 5.75 Å². The molecule has 10 nitrogen and oxygen atoms in total. The number of nitrogens with zero attached hydrogens (tertiary/aromatic N) is 3. The highest BCUT2D eigenvalue weighted by Crippen LogP contribution is 2.34. The Morgan fingerprint density at radius 3 is 2.51 bits per heavy atom. The van der Waals surface area contributed by atoms with Crippen LogP contribution in [-0.2, 0) is 25.7 Å². The third-order valence-electron chi connectivity index (χ3n) is 5.44. The van der Waals surface area contributed by atoms with E-state index in [1.807, 2.05) is 0 Å². The van der Waals surface area contributed by atoms with Gasteiger partial charge < -0.3 is 14.4 Å². The number of imide groups is 1. The number of benzene rings is 2. The maximum atomic E-state index is 12.9. The average Bonchev–Trinajstić information content (AvgIpc) is 3.13. The van der Waals surface area contributed by atoms with Gasteiger partial charge in [-0.2, -0.15) is 10.2 Å². The van der Waals surface area contributed by atoms with Gasteiger partial charge in [-0.3, -0.25) is 19.7 Å². The summed E-state index contributed by atoms with van der Waals surface area (Å²) >= 11 is 0. The minimum Gasteiger partial charge on any atom is -0.482 e. The Kier molecular flexibility index (Phi) is 6.63. The van der Waals surface area contributed by atoms with Gasteiger partial charge in [0.1, 0.15) is 17.4 Å². The van der Waals surface area contributed by atoms with Gasteiger partial charge in [-0.25, -0.2) is 4.79 Å². The molecule has 2 heterocycles. The van der Waals surface area contributed by atoms with Crippen molar-refractivity contribution in [3.63, 3.8) is 0 Å². The molecule has 1 saturated heterocycles. The van der Waals surface area contributed by atoms with Crippen LogP contribution in [0.25, 0.3) is 0 Å². The first kappa shape index (κ1) is 24.1. The molecule has 2 aromatic rings. The predicted octanol–water partition coefficient (Wildman–Crippen LogP) is 3.58. The topological polar surface area (TPSA) is 127 Å². The summed E-state index contributed by atoms with van der Waals surface area (Å²) in [5.74, 6) is -1.02. The molecule has 0 aliphatic carbocycles. The summed E-state index contributed by atoms with van der Waals surface area (Å²) in [5, 5.41) is 10.9. The molecule has 4 rings (SSSR count). The summed E-state index contributed by atoms with van der Waals surface area (Å²) < 4.78 is 10.7. The van der Waals surface area contributed by atoms with Crippen LogP contribution < -0.4 is 10.1 Å². The number of ether oxygens (including phenoxy) is 2. The van der Waals surface area contributed by atoms with Gasteiger partial charge in [0.25, 0.3) is 5.91 Å². The molecule has 10 heteroatoms. The van der Waals surface area contributed by atoms with E-state index >= 15 is 0 Å². The van der Waals surface area contributed by atoms with E-state index in [2.05, 4.69) is 15.5 Å². The second-order valence-electron chi connectivity index (χ2n) is 9.27. The zero-order valence-corrected chi connectivity index (χ0v) is 19.7. The van der Waals surface area contributed by atoms with Crippen molar-refractivity contribution in [1.29, 1.82) is 0 Å². The second-order valence-corrected chi connectivity index (χ2v) is 9.27. The van der Waals surface area contributed by atoms with Crippen LogP contribution in [0.15, 0.2) is 52.7 Å². The lowest BCUT2D eigenvalue weighted by Gasteiger charge is -2.29. The van der Waals surface area contributed by atoms with Crippen molar-refractivity contribution in [3.05, 3.63) is 53.6 Å². The first-order valence-corrected chi connectivity index (χ1v) is 11.2. The van der Waals surface area contributed by atoms with Crippen molar-refractivity contribution in [2.24, 2.45) is 10.2 Å². The van der Waals surface area contributed by atoms with Crippen molar-refractivity contribution in [2.45, 2.75) is 51.8 Å². The van der Waals surface area contributed by atoms with Crippen molar-refractivity contribution in [2.75, 3.05) is 6.61 Å². The number of rotatable bonds is 6. The van der Waals surface area contributed by atoms with Gasteiger partial charge in [0, 0.05) is 24.1 Å². The molecule has 0 spiro atoms. The number of nitrogens with one attached hydrogen (secondary N) is 1. The second kappa shape index (κ2) is 9.65. The molecular weight excluding hydrogens is 452 g/mol. The van der Waals surface area contributed by atoms with Crippen LogP contribution in [0.3, 0.4) is 0 Å². The zero-order chi connectivity index (χ0) is 25.2. The van der Waals surface area contributed by atoms with Gasteiger partial charge in [-0.05, 0) is 63.6 Å². The molecule has 0 aromatic heterocycles.